The van der Waals surface area contributed by atoms with Crippen molar-refractivity contribution in [2.75, 3.05) is 13.6 Å². The molecule has 0 atom stereocenters. The van der Waals surface area contributed by atoms with Crippen LogP contribution in [-0.4, -0.2) is 38.4 Å². The Balaban J connectivity index is 2.01. The molecule has 0 aromatic carbocycles. The van der Waals surface area contributed by atoms with E-state index in [-0.39, 0.29) is 22.8 Å². The normalized spacial score (nSPS) is 11.3. The van der Waals surface area contributed by atoms with E-state index >= 15 is 0 Å². The maximum atomic E-state index is 12.8. The lowest BCUT2D eigenvalue weighted by Crippen LogP contribution is -2.28. The lowest BCUT2D eigenvalue weighted by atomic mass is 10.2. The molecule has 7 heteroatoms. The first-order chi connectivity index (χ1) is 12.8. The van der Waals surface area contributed by atoms with E-state index in [1.54, 1.807) is 34.2 Å². The molecule has 0 radical (unpaired) electrons. The summed E-state index contributed by atoms with van der Waals surface area (Å²) in [4.78, 5) is 31.4. The zero-order valence-electron chi connectivity index (χ0n) is 16.6. The van der Waals surface area contributed by atoms with Crippen molar-refractivity contribution in [1.29, 1.82) is 0 Å². The Bertz CT molecular complexity index is 1040. The molecule has 7 nitrogen and oxygen atoms in total. The highest BCUT2D eigenvalue weighted by Crippen LogP contribution is 2.25. The van der Waals surface area contributed by atoms with Crippen LogP contribution >= 0.6 is 0 Å². The second-order valence-electron chi connectivity index (χ2n) is 7.00. The van der Waals surface area contributed by atoms with Gasteiger partial charge in [0.15, 0.2) is 0 Å². The number of aromatic nitrogens is 3. The van der Waals surface area contributed by atoms with Crippen molar-refractivity contribution in [3.63, 3.8) is 0 Å². The van der Waals surface area contributed by atoms with Crippen molar-refractivity contribution in [3.05, 3.63) is 46.0 Å². The molecule has 144 valence electrons. The Morgan fingerprint density at radius 1 is 1.26 bits per heavy atom. The summed E-state index contributed by atoms with van der Waals surface area (Å²) in [6, 6.07) is 1.90. The Kier molecular flexibility index (Phi) is 5.21. The zero-order chi connectivity index (χ0) is 19.7. The smallest absolute Gasteiger partial charge is 0.294 e. The second kappa shape index (κ2) is 7.42. The summed E-state index contributed by atoms with van der Waals surface area (Å²) in [6.45, 7) is 6.54. The number of hydrogen-bond donors (Lipinski definition) is 0. The molecule has 0 aliphatic rings. The van der Waals surface area contributed by atoms with Crippen LogP contribution in [0.4, 0.5) is 0 Å². The number of fused-ring (bicyclic) bond motifs is 1. The number of hydrogen-bond acceptors (Lipinski definition) is 4. The molecule has 0 unspecified atom stereocenters. The van der Waals surface area contributed by atoms with Gasteiger partial charge in [-0.3, -0.25) is 14.0 Å². The third-order valence-electron chi connectivity index (χ3n) is 4.83. The summed E-state index contributed by atoms with van der Waals surface area (Å²) in [5.41, 5.74) is 1.84. The van der Waals surface area contributed by atoms with Crippen molar-refractivity contribution in [2.45, 2.75) is 40.0 Å². The third kappa shape index (κ3) is 3.54. The molecule has 3 aromatic rings. The van der Waals surface area contributed by atoms with E-state index in [0.29, 0.717) is 6.54 Å². The number of carbonyl (C=O) groups is 1. The minimum Gasteiger partial charge on any atom is -0.466 e. The Morgan fingerprint density at radius 3 is 2.63 bits per heavy atom. The van der Waals surface area contributed by atoms with Gasteiger partial charge in [-0.1, -0.05) is 19.8 Å². The topological polar surface area (TPSA) is 72.8 Å². The van der Waals surface area contributed by atoms with Gasteiger partial charge < -0.3 is 13.9 Å². The van der Waals surface area contributed by atoms with E-state index in [0.717, 1.165) is 42.0 Å². The summed E-state index contributed by atoms with van der Waals surface area (Å²) in [6.07, 6.45) is 6.57. The van der Waals surface area contributed by atoms with Gasteiger partial charge in [0.25, 0.3) is 11.5 Å². The zero-order valence-corrected chi connectivity index (χ0v) is 16.6. The molecule has 27 heavy (non-hydrogen) atoms. The van der Waals surface area contributed by atoms with Crippen LogP contribution < -0.4 is 5.56 Å². The molecular formula is C20H26N4O3. The molecule has 0 saturated carbocycles. The number of aryl methyl sites for hydroxylation is 2. The monoisotopic (exact) mass is 370 g/mol. The van der Waals surface area contributed by atoms with Crippen LogP contribution in [0.1, 0.15) is 48.2 Å². The van der Waals surface area contributed by atoms with E-state index in [4.69, 9.17) is 4.42 Å². The summed E-state index contributed by atoms with van der Waals surface area (Å²) in [5.74, 6) is 1.35. The molecule has 0 N–H and O–H groups in total. The van der Waals surface area contributed by atoms with Crippen LogP contribution in [0, 0.1) is 13.8 Å². The highest BCUT2D eigenvalue weighted by molar-refractivity contribution is 5.92. The summed E-state index contributed by atoms with van der Waals surface area (Å²) >= 11 is 0. The third-order valence-corrected chi connectivity index (χ3v) is 4.83. The van der Waals surface area contributed by atoms with Crippen molar-refractivity contribution >= 4 is 11.6 Å². The van der Waals surface area contributed by atoms with Crippen molar-refractivity contribution in [3.8, 4) is 11.3 Å². The fourth-order valence-electron chi connectivity index (χ4n) is 3.26. The summed E-state index contributed by atoms with van der Waals surface area (Å²) in [7, 11) is 3.47. The molecule has 0 saturated heterocycles. The Hall–Kier alpha value is -2.83. The van der Waals surface area contributed by atoms with Crippen molar-refractivity contribution < 1.29 is 9.21 Å². The fourth-order valence-corrected chi connectivity index (χ4v) is 3.26. The summed E-state index contributed by atoms with van der Waals surface area (Å²) in [5, 5.41) is 0. The molecule has 3 aromatic heterocycles. The number of imidazole rings is 1. The number of furan rings is 1. The van der Waals surface area contributed by atoms with E-state index < -0.39 is 0 Å². The van der Waals surface area contributed by atoms with Crippen LogP contribution in [0.2, 0.25) is 0 Å². The van der Waals surface area contributed by atoms with Gasteiger partial charge in [0.05, 0.1) is 5.69 Å². The lowest BCUT2D eigenvalue weighted by molar-refractivity contribution is 0.0787. The largest absolute Gasteiger partial charge is 0.466 e. The number of rotatable bonds is 6. The number of amides is 1. The Labute approximate surface area is 158 Å². The van der Waals surface area contributed by atoms with Crippen LogP contribution in [0.25, 0.3) is 16.9 Å². The van der Waals surface area contributed by atoms with Crippen molar-refractivity contribution in [2.24, 2.45) is 7.05 Å². The van der Waals surface area contributed by atoms with E-state index in [2.05, 4.69) is 11.9 Å². The van der Waals surface area contributed by atoms with Gasteiger partial charge in [-0.25, -0.2) is 4.98 Å². The molecule has 0 bridgehead atoms. The molecule has 1 amide bonds. The van der Waals surface area contributed by atoms with Gasteiger partial charge in [0, 0.05) is 38.6 Å². The van der Waals surface area contributed by atoms with Crippen LogP contribution in [-0.2, 0) is 7.05 Å². The molecule has 0 aliphatic heterocycles. The molecule has 3 heterocycles. The highest BCUT2D eigenvalue weighted by Gasteiger charge is 2.19. The van der Waals surface area contributed by atoms with Crippen LogP contribution in [0.15, 0.2) is 27.7 Å². The highest BCUT2D eigenvalue weighted by atomic mass is 16.3. The van der Waals surface area contributed by atoms with E-state index in [1.165, 1.54) is 0 Å². The minimum atomic E-state index is -0.251. The SMILES string of the molecule is CCCCCN(C)C(=O)c1cn2cc(-c3cc(C)oc3C)n(C)c(=O)c2n1. The minimum absolute atomic E-state index is 0.172. The second-order valence-corrected chi connectivity index (χ2v) is 7.00. The molecule has 3 rings (SSSR count). The predicted molar refractivity (Wildman–Crippen MR) is 104 cm³/mol. The number of unbranched alkanes of at least 4 members (excludes halogenated alkanes) is 2. The van der Waals surface area contributed by atoms with Gasteiger partial charge >= 0.3 is 0 Å². The van der Waals surface area contributed by atoms with Gasteiger partial charge in [-0.2, -0.15) is 0 Å². The van der Waals surface area contributed by atoms with Crippen LogP contribution in [0.3, 0.4) is 0 Å². The summed E-state index contributed by atoms with van der Waals surface area (Å²) < 4.78 is 8.77. The fraction of sp³-hybridized carbons (Fsp3) is 0.450. The number of carbonyl (C=O) groups excluding carboxylic acids is 1. The first kappa shape index (κ1) is 18.9. The van der Waals surface area contributed by atoms with Gasteiger partial charge in [0.1, 0.15) is 17.2 Å². The average Bonchev–Trinajstić information content (AvgIpc) is 3.20. The number of nitrogens with zero attached hydrogens (tertiary/aromatic N) is 4. The van der Waals surface area contributed by atoms with E-state index in [1.807, 2.05) is 26.1 Å². The maximum absolute atomic E-state index is 12.8. The van der Waals surface area contributed by atoms with Crippen LogP contribution in [0.5, 0.6) is 0 Å². The molecule has 0 spiro atoms. The first-order valence-electron chi connectivity index (χ1n) is 9.25. The first-order valence-corrected chi connectivity index (χ1v) is 9.25. The lowest BCUT2D eigenvalue weighted by Gasteiger charge is -2.15. The van der Waals surface area contributed by atoms with Crippen molar-refractivity contribution in [1.82, 2.24) is 18.9 Å². The predicted octanol–water partition coefficient (Wildman–Crippen LogP) is 3.17. The molecule has 0 fully saturated rings. The van der Waals surface area contributed by atoms with Gasteiger partial charge in [-0.05, 0) is 26.3 Å². The Morgan fingerprint density at radius 2 is 2.00 bits per heavy atom. The van der Waals surface area contributed by atoms with Gasteiger partial charge in [0.2, 0.25) is 5.65 Å². The molecule has 0 aliphatic carbocycles. The quantitative estimate of drug-likeness (QED) is 0.625. The molecular weight excluding hydrogens is 344 g/mol. The standard InChI is InChI=1S/C20H26N4O3/c1-6-7-8-9-22(4)19(25)16-11-24-12-17(15-10-13(2)27-14(15)3)23(5)20(26)18(24)21-16/h10-12H,6-9H2,1-5H3. The maximum Gasteiger partial charge on any atom is 0.294 e. The van der Waals surface area contributed by atoms with Gasteiger partial charge in [-0.15, -0.1) is 0 Å². The van der Waals surface area contributed by atoms with E-state index in [9.17, 15) is 9.59 Å². The average molecular weight is 370 g/mol.